The molecule has 8 heteroatoms. The van der Waals surface area contributed by atoms with Crippen molar-refractivity contribution in [1.82, 2.24) is 5.32 Å². The molecule has 0 fully saturated rings. The van der Waals surface area contributed by atoms with Gasteiger partial charge in [0.05, 0.1) is 6.42 Å². The number of urea groups is 1. The van der Waals surface area contributed by atoms with Crippen molar-refractivity contribution in [3.8, 4) is 0 Å². The van der Waals surface area contributed by atoms with Crippen LogP contribution in [0.3, 0.4) is 0 Å². The van der Waals surface area contributed by atoms with Crippen molar-refractivity contribution in [3.63, 3.8) is 0 Å². The van der Waals surface area contributed by atoms with Crippen molar-refractivity contribution in [2.75, 3.05) is 5.32 Å². The zero-order valence-corrected chi connectivity index (χ0v) is 11.3. The Morgan fingerprint density at radius 2 is 1.81 bits per heavy atom. The van der Waals surface area contributed by atoms with Crippen LogP contribution in [0.2, 0.25) is 0 Å². The van der Waals surface area contributed by atoms with E-state index in [1.54, 1.807) is 6.92 Å². The van der Waals surface area contributed by atoms with Crippen LogP contribution in [0.15, 0.2) is 12.1 Å². The summed E-state index contributed by atoms with van der Waals surface area (Å²) in [4.78, 5) is 22.3. The first-order valence-corrected chi connectivity index (χ1v) is 6.27. The molecule has 21 heavy (non-hydrogen) atoms. The number of amides is 2. The smallest absolute Gasteiger partial charge is 0.319 e. The summed E-state index contributed by atoms with van der Waals surface area (Å²) in [5.41, 5.74) is -0.792. The Bertz CT molecular complexity index is 514. The highest BCUT2D eigenvalue weighted by Gasteiger charge is 2.18. The van der Waals surface area contributed by atoms with Gasteiger partial charge in [-0.05, 0) is 6.42 Å². The van der Waals surface area contributed by atoms with Gasteiger partial charge >= 0.3 is 12.0 Å². The van der Waals surface area contributed by atoms with Gasteiger partial charge in [-0.3, -0.25) is 4.79 Å². The predicted octanol–water partition coefficient (Wildman–Crippen LogP) is 2.87. The number of halogens is 3. The van der Waals surface area contributed by atoms with E-state index < -0.39 is 41.2 Å². The molecule has 3 N–H and O–H groups in total. The lowest BCUT2D eigenvalue weighted by molar-refractivity contribution is -0.137. The molecule has 0 aliphatic carbocycles. The molecule has 0 saturated carbocycles. The summed E-state index contributed by atoms with van der Waals surface area (Å²) in [5.74, 6) is -4.72. The largest absolute Gasteiger partial charge is 0.481 e. The van der Waals surface area contributed by atoms with Crippen LogP contribution in [0.4, 0.5) is 23.7 Å². The van der Waals surface area contributed by atoms with Gasteiger partial charge in [0.1, 0.15) is 11.5 Å². The lowest BCUT2D eigenvalue weighted by atomic mass is 10.1. The Balaban J connectivity index is 2.74. The van der Waals surface area contributed by atoms with E-state index in [0.29, 0.717) is 25.0 Å². The summed E-state index contributed by atoms with van der Waals surface area (Å²) in [5, 5.41) is 12.9. The standard InChI is InChI=1S/C13H15F3N2O3/c1-2-3-8(6-11(19)20)17-13(21)18-12-9(15)4-7(14)5-10(12)16/h4-5,8H,2-3,6H2,1H3,(H,19,20)(H2,17,18,21). The number of carbonyl (C=O) groups excluding carboxylic acids is 1. The number of nitrogens with one attached hydrogen (secondary N) is 2. The molecule has 0 saturated heterocycles. The lowest BCUT2D eigenvalue weighted by Gasteiger charge is -2.17. The van der Waals surface area contributed by atoms with Crippen molar-refractivity contribution >= 4 is 17.7 Å². The van der Waals surface area contributed by atoms with Gasteiger partial charge in [-0.2, -0.15) is 0 Å². The summed E-state index contributed by atoms with van der Waals surface area (Å²) < 4.78 is 39.4. The minimum absolute atomic E-state index is 0.310. The second-order valence-electron chi connectivity index (χ2n) is 4.43. The van der Waals surface area contributed by atoms with E-state index in [2.05, 4.69) is 5.32 Å². The number of hydrogen-bond acceptors (Lipinski definition) is 2. The number of benzene rings is 1. The SMILES string of the molecule is CCCC(CC(=O)O)NC(=O)Nc1c(F)cc(F)cc1F. The van der Waals surface area contributed by atoms with E-state index in [4.69, 9.17) is 5.11 Å². The number of aliphatic carboxylic acids is 1. The molecule has 5 nitrogen and oxygen atoms in total. The molecular weight excluding hydrogens is 289 g/mol. The molecule has 0 bridgehead atoms. The van der Waals surface area contributed by atoms with Crippen molar-refractivity contribution in [2.24, 2.45) is 0 Å². The third-order valence-electron chi connectivity index (χ3n) is 2.64. The molecule has 1 unspecified atom stereocenters. The highest BCUT2D eigenvalue weighted by atomic mass is 19.1. The number of carboxylic acids is 1. The van der Waals surface area contributed by atoms with Gasteiger partial charge in [0, 0.05) is 18.2 Å². The van der Waals surface area contributed by atoms with Gasteiger partial charge in [-0.1, -0.05) is 13.3 Å². The second kappa shape index (κ2) is 7.51. The Morgan fingerprint density at radius 1 is 1.24 bits per heavy atom. The van der Waals surface area contributed by atoms with Crippen molar-refractivity contribution in [1.29, 1.82) is 0 Å². The Morgan fingerprint density at radius 3 is 2.29 bits per heavy atom. The highest BCUT2D eigenvalue weighted by Crippen LogP contribution is 2.20. The fourth-order valence-corrected chi connectivity index (χ4v) is 1.78. The number of carboxylic acid groups (broad SMARTS) is 1. The van der Waals surface area contributed by atoms with Crippen LogP contribution < -0.4 is 10.6 Å². The molecule has 1 atom stereocenters. The van der Waals surface area contributed by atoms with Crippen LogP contribution in [0.25, 0.3) is 0 Å². The van der Waals surface area contributed by atoms with Gasteiger partial charge in [0.2, 0.25) is 0 Å². The van der Waals surface area contributed by atoms with E-state index in [1.807, 2.05) is 5.32 Å². The molecule has 2 amide bonds. The lowest BCUT2D eigenvalue weighted by Crippen LogP contribution is -2.39. The Hall–Kier alpha value is -2.25. The fraction of sp³-hybridized carbons (Fsp3) is 0.385. The highest BCUT2D eigenvalue weighted by molar-refractivity contribution is 5.90. The third kappa shape index (κ3) is 5.33. The molecule has 1 aromatic rings. The van der Waals surface area contributed by atoms with Crippen LogP contribution in [-0.2, 0) is 4.79 Å². The topological polar surface area (TPSA) is 78.4 Å². The summed E-state index contributed by atoms with van der Waals surface area (Å²) in [6, 6.07) is -0.767. The average molecular weight is 304 g/mol. The molecule has 0 aliphatic heterocycles. The van der Waals surface area contributed by atoms with Crippen LogP contribution in [0, 0.1) is 17.5 Å². The van der Waals surface area contributed by atoms with Gasteiger partial charge in [0.15, 0.2) is 11.6 Å². The Kier molecular flexibility index (Phi) is 6.01. The maximum atomic E-state index is 13.4. The molecule has 0 aromatic heterocycles. The van der Waals surface area contributed by atoms with E-state index in [0.717, 1.165) is 0 Å². The van der Waals surface area contributed by atoms with Gasteiger partial charge in [-0.25, -0.2) is 18.0 Å². The molecule has 0 aliphatic rings. The van der Waals surface area contributed by atoms with Crippen LogP contribution in [0.5, 0.6) is 0 Å². The van der Waals surface area contributed by atoms with Gasteiger partial charge in [-0.15, -0.1) is 0 Å². The van der Waals surface area contributed by atoms with E-state index >= 15 is 0 Å². The maximum Gasteiger partial charge on any atom is 0.319 e. The average Bonchev–Trinajstić information content (AvgIpc) is 2.33. The van der Waals surface area contributed by atoms with Crippen LogP contribution in [0.1, 0.15) is 26.2 Å². The molecule has 0 radical (unpaired) electrons. The van der Waals surface area contributed by atoms with Gasteiger partial charge in [0.25, 0.3) is 0 Å². The van der Waals surface area contributed by atoms with Crippen molar-refractivity contribution in [2.45, 2.75) is 32.2 Å². The summed E-state index contributed by atoms with van der Waals surface area (Å²) in [7, 11) is 0. The quantitative estimate of drug-likeness (QED) is 0.756. The predicted molar refractivity (Wildman–Crippen MR) is 69.4 cm³/mol. The minimum atomic E-state index is -1.26. The Labute approximate surface area is 119 Å². The normalized spacial score (nSPS) is 11.8. The number of rotatable bonds is 6. The monoisotopic (exact) mass is 304 g/mol. The van der Waals surface area contributed by atoms with E-state index in [-0.39, 0.29) is 6.42 Å². The number of carbonyl (C=O) groups is 2. The number of anilines is 1. The minimum Gasteiger partial charge on any atom is -0.481 e. The molecular formula is C13H15F3N2O3. The summed E-state index contributed by atoms with van der Waals surface area (Å²) >= 11 is 0. The molecule has 1 aromatic carbocycles. The second-order valence-corrected chi connectivity index (χ2v) is 4.43. The van der Waals surface area contributed by atoms with Crippen molar-refractivity contribution < 1.29 is 27.9 Å². The molecule has 0 heterocycles. The first-order chi connectivity index (χ1) is 9.83. The summed E-state index contributed by atoms with van der Waals surface area (Å²) in [6.45, 7) is 1.80. The zero-order valence-electron chi connectivity index (χ0n) is 11.3. The maximum absolute atomic E-state index is 13.4. The first kappa shape index (κ1) is 16.8. The number of hydrogen-bond donors (Lipinski definition) is 3. The molecule has 1 rings (SSSR count). The van der Waals surface area contributed by atoms with Crippen LogP contribution >= 0.6 is 0 Å². The molecule has 0 spiro atoms. The molecule has 116 valence electrons. The third-order valence-corrected chi connectivity index (χ3v) is 2.64. The fourth-order valence-electron chi connectivity index (χ4n) is 1.78. The zero-order chi connectivity index (χ0) is 16.0. The van der Waals surface area contributed by atoms with Crippen LogP contribution in [-0.4, -0.2) is 23.1 Å². The van der Waals surface area contributed by atoms with Gasteiger partial charge < -0.3 is 15.7 Å². The summed E-state index contributed by atoms with van der Waals surface area (Å²) in [6.07, 6.45) is 0.710. The van der Waals surface area contributed by atoms with E-state index in [9.17, 15) is 22.8 Å². The van der Waals surface area contributed by atoms with Crippen molar-refractivity contribution in [3.05, 3.63) is 29.6 Å². The van der Waals surface area contributed by atoms with E-state index in [1.165, 1.54) is 0 Å². The first-order valence-electron chi connectivity index (χ1n) is 6.27.